The van der Waals surface area contributed by atoms with Gasteiger partial charge in [0.25, 0.3) is 0 Å². The quantitative estimate of drug-likeness (QED) is 0.366. The topological polar surface area (TPSA) is 70.0 Å². The van der Waals surface area contributed by atoms with Gasteiger partial charge in [-0.1, -0.05) is 109 Å². The summed E-state index contributed by atoms with van der Waals surface area (Å²) >= 11 is 0. The molecule has 0 aromatic heterocycles. The molecule has 162 valence electrons. The van der Waals surface area contributed by atoms with Crippen LogP contribution in [0.1, 0.15) is 22.7 Å². The van der Waals surface area contributed by atoms with Gasteiger partial charge in [-0.3, -0.25) is 0 Å². The standard InChI is InChI=1S/C28H22N2O2S/c29-21-26(27(22-13-5-1-6-14-22)23-15-7-2-8-16-23)28(24-17-9-3-10-18-24)30-33(31,32)25-19-11-4-12-20-25/h1-20,28,30H. The highest BCUT2D eigenvalue weighted by molar-refractivity contribution is 7.89. The smallest absolute Gasteiger partial charge is 0.207 e. The average molecular weight is 451 g/mol. The number of nitrogens with one attached hydrogen (secondary N) is 1. The van der Waals surface area contributed by atoms with E-state index in [0.717, 1.165) is 11.1 Å². The minimum absolute atomic E-state index is 0.143. The Morgan fingerprint density at radius 2 is 1.09 bits per heavy atom. The average Bonchev–Trinajstić information content (AvgIpc) is 2.88. The molecule has 0 saturated carbocycles. The van der Waals surface area contributed by atoms with E-state index in [0.29, 0.717) is 16.7 Å². The van der Waals surface area contributed by atoms with Crippen LogP contribution in [0.2, 0.25) is 0 Å². The van der Waals surface area contributed by atoms with E-state index in [2.05, 4.69) is 10.8 Å². The molecule has 4 aromatic rings. The van der Waals surface area contributed by atoms with Gasteiger partial charge in [0.05, 0.1) is 22.6 Å². The van der Waals surface area contributed by atoms with Crippen LogP contribution in [0.5, 0.6) is 0 Å². The third-order valence-electron chi connectivity index (χ3n) is 5.26. The zero-order chi connectivity index (χ0) is 23.1. The van der Waals surface area contributed by atoms with Crippen LogP contribution in [0, 0.1) is 11.3 Å². The van der Waals surface area contributed by atoms with Gasteiger partial charge in [-0.25, -0.2) is 8.42 Å². The highest BCUT2D eigenvalue weighted by Crippen LogP contribution is 2.34. The third kappa shape index (κ3) is 5.09. The van der Waals surface area contributed by atoms with Crippen molar-refractivity contribution in [1.82, 2.24) is 4.72 Å². The molecule has 0 saturated heterocycles. The molecule has 0 heterocycles. The van der Waals surface area contributed by atoms with E-state index < -0.39 is 16.1 Å². The predicted octanol–water partition coefficient (Wildman–Crippen LogP) is 5.73. The number of rotatable bonds is 7. The molecule has 5 heteroatoms. The highest BCUT2D eigenvalue weighted by atomic mass is 32.2. The molecule has 33 heavy (non-hydrogen) atoms. The summed E-state index contributed by atoms with van der Waals surface area (Å²) in [7, 11) is -3.90. The summed E-state index contributed by atoms with van der Waals surface area (Å²) in [4.78, 5) is 0.143. The summed E-state index contributed by atoms with van der Waals surface area (Å²) in [6, 6.07) is 37.9. The molecule has 1 atom stereocenters. The Hall–Kier alpha value is -3.98. The summed E-state index contributed by atoms with van der Waals surface area (Å²) in [6.07, 6.45) is 0. The van der Waals surface area contributed by atoms with Crippen molar-refractivity contribution in [2.45, 2.75) is 10.9 Å². The van der Waals surface area contributed by atoms with Gasteiger partial charge in [0, 0.05) is 5.57 Å². The van der Waals surface area contributed by atoms with Crippen LogP contribution in [-0.2, 0) is 10.0 Å². The van der Waals surface area contributed by atoms with Crippen molar-refractivity contribution >= 4 is 15.6 Å². The van der Waals surface area contributed by atoms with Crippen molar-refractivity contribution in [3.8, 4) is 6.07 Å². The second kappa shape index (κ2) is 10.1. The Kier molecular flexibility index (Phi) is 6.80. The molecule has 0 spiro atoms. The zero-order valence-corrected chi connectivity index (χ0v) is 18.6. The lowest BCUT2D eigenvalue weighted by molar-refractivity contribution is 0.572. The van der Waals surface area contributed by atoms with Crippen molar-refractivity contribution in [3.05, 3.63) is 144 Å². The lowest BCUT2D eigenvalue weighted by atomic mass is 9.88. The van der Waals surface area contributed by atoms with Crippen molar-refractivity contribution < 1.29 is 8.42 Å². The minimum Gasteiger partial charge on any atom is -0.207 e. The lowest BCUT2D eigenvalue weighted by Crippen LogP contribution is -2.30. The number of benzene rings is 4. The number of nitrogens with zero attached hydrogens (tertiary/aromatic N) is 1. The second-order valence-corrected chi connectivity index (χ2v) is 9.12. The molecule has 4 rings (SSSR count). The summed E-state index contributed by atoms with van der Waals surface area (Å²) in [5.41, 5.74) is 3.35. The second-order valence-electron chi connectivity index (χ2n) is 7.41. The molecule has 0 aliphatic rings. The Balaban J connectivity index is 1.95. The number of nitriles is 1. The molecule has 0 radical (unpaired) electrons. The normalized spacial score (nSPS) is 11.8. The van der Waals surface area contributed by atoms with Crippen molar-refractivity contribution in [2.75, 3.05) is 0 Å². The summed E-state index contributed by atoms with van der Waals surface area (Å²) in [5.74, 6) is 0. The van der Waals surface area contributed by atoms with E-state index in [1.165, 1.54) is 12.1 Å². The maximum Gasteiger partial charge on any atom is 0.241 e. The van der Waals surface area contributed by atoms with Gasteiger partial charge in [0.1, 0.15) is 0 Å². The van der Waals surface area contributed by atoms with Gasteiger partial charge in [-0.15, -0.1) is 0 Å². The fourth-order valence-electron chi connectivity index (χ4n) is 3.71. The van der Waals surface area contributed by atoms with Crippen LogP contribution < -0.4 is 4.72 Å². The lowest BCUT2D eigenvalue weighted by Gasteiger charge is -2.22. The molecule has 0 aliphatic heterocycles. The van der Waals surface area contributed by atoms with Crippen LogP contribution in [0.4, 0.5) is 0 Å². The molecule has 0 amide bonds. The molecule has 4 nitrogen and oxygen atoms in total. The zero-order valence-electron chi connectivity index (χ0n) is 17.8. The maximum absolute atomic E-state index is 13.3. The molecule has 1 N–H and O–H groups in total. The Labute approximate surface area is 194 Å². The molecular formula is C28H22N2O2S. The van der Waals surface area contributed by atoms with Gasteiger partial charge in [-0.05, 0) is 28.8 Å². The first-order chi connectivity index (χ1) is 16.1. The van der Waals surface area contributed by atoms with E-state index >= 15 is 0 Å². The first-order valence-corrected chi connectivity index (χ1v) is 12.0. The monoisotopic (exact) mass is 450 g/mol. The largest absolute Gasteiger partial charge is 0.241 e. The van der Waals surface area contributed by atoms with Crippen molar-refractivity contribution in [2.24, 2.45) is 0 Å². The Morgan fingerprint density at radius 1 is 0.667 bits per heavy atom. The van der Waals surface area contributed by atoms with E-state index in [1.54, 1.807) is 18.2 Å². The first-order valence-electron chi connectivity index (χ1n) is 10.5. The summed E-state index contributed by atoms with van der Waals surface area (Å²) < 4.78 is 29.4. The SMILES string of the molecule is N#CC(=C(c1ccccc1)c1ccccc1)C(NS(=O)(=O)c1ccccc1)c1ccccc1. The molecule has 0 bridgehead atoms. The van der Waals surface area contributed by atoms with Crippen molar-refractivity contribution in [1.29, 1.82) is 5.26 Å². The summed E-state index contributed by atoms with van der Waals surface area (Å²) in [5, 5.41) is 10.4. The molecule has 0 aliphatic carbocycles. The first kappa shape index (κ1) is 22.2. The van der Waals surface area contributed by atoms with E-state index in [9.17, 15) is 13.7 Å². The maximum atomic E-state index is 13.3. The number of hydrogen-bond acceptors (Lipinski definition) is 3. The number of hydrogen-bond donors (Lipinski definition) is 1. The number of sulfonamides is 1. The van der Waals surface area contributed by atoms with E-state index in [4.69, 9.17) is 0 Å². The van der Waals surface area contributed by atoms with Crippen molar-refractivity contribution in [3.63, 3.8) is 0 Å². The predicted molar refractivity (Wildman–Crippen MR) is 130 cm³/mol. The van der Waals surface area contributed by atoms with E-state index in [1.807, 2.05) is 91.0 Å². The van der Waals surface area contributed by atoms with Gasteiger partial charge in [0.2, 0.25) is 10.0 Å². The molecule has 1 unspecified atom stereocenters. The minimum atomic E-state index is -3.90. The Morgan fingerprint density at radius 3 is 1.55 bits per heavy atom. The Bertz CT molecular complexity index is 1340. The molecular weight excluding hydrogens is 428 g/mol. The molecule has 4 aromatic carbocycles. The van der Waals surface area contributed by atoms with Crippen LogP contribution in [-0.4, -0.2) is 8.42 Å². The van der Waals surface area contributed by atoms with Crippen LogP contribution in [0.15, 0.2) is 132 Å². The van der Waals surface area contributed by atoms with Gasteiger partial charge in [0.15, 0.2) is 0 Å². The van der Waals surface area contributed by atoms with Crippen LogP contribution >= 0.6 is 0 Å². The summed E-state index contributed by atoms with van der Waals surface area (Å²) in [6.45, 7) is 0. The fourth-order valence-corrected chi connectivity index (χ4v) is 4.93. The third-order valence-corrected chi connectivity index (χ3v) is 6.70. The fraction of sp³-hybridized carbons (Fsp3) is 0.0357. The highest BCUT2D eigenvalue weighted by Gasteiger charge is 2.27. The van der Waals surface area contributed by atoms with Gasteiger partial charge < -0.3 is 0 Å². The van der Waals surface area contributed by atoms with Gasteiger partial charge in [-0.2, -0.15) is 9.98 Å². The van der Waals surface area contributed by atoms with Gasteiger partial charge >= 0.3 is 0 Å². The molecule has 0 fully saturated rings. The van der Waals surface area contributed by atoms with E-state index in [-0.39, 0.29) is 4.90 Å². The van der Waals surface area contributed by atoms with Crippen LogP contribution in [0.25, 0.3) is 5.57 Å². The van der Waals surface area contributed by atoms with Crippen LogP contribution in [0.3, 0.4) is 0 Å².